The minimum Gasteiger partial charge on any atom is -0.491 e. The molecule has 0 aliphatic rings. The maximum Gasteiger partial charge on any atom is 0.222 e. The Bertz CT molecular complexity index is 695. The first kappa shape index (κ1) is 23.0. The van der Waals surface area contributed by atoms with E-state index in [0.29, 0.717) is 26.4 Å². The summed E-state index contributed by atoms with van der Waals surface area (Å²) in [5, 5.41) is 2.93. The molecule has 0 saturated heterocycles. The minimum atomic E-state index is -0.309. The van der Waals surface area contributed by atoms with E-state index >= 15 is 0 Å². The largest absolute Gasteiger partial charge is 0.491 e. The number of halogens is 1. The van der Waals surface area contributed by atoms with Gasteiger partial charge in [-0.25, -0.2) is 0 Å². The van der Waals surface area contributed by atoms with Crippen LogP contribution in [0.15, 0.2) is 48.5 Å². The molecular weight excluding hydrogens is 364 g/mol. The van der Waals surface area contributed by atoms with Crippen LogP contribution in [0.3, 0.4) is 0 Å². The fourth-order valence-corrected chi connectivity index (χ4v) is 2.58. The molecule has 2 rings (SSSR count). The zero-order chi connectivity index (χ0) is 18.8. The van der Waals surface area contributed by atoms with E-state index in [2.05, 4.69) is 5.32 Å². The number of hydrogen-bond acceptors (Lipinski definition) is 4. The number of amides is 1. The van der Waals surface area contributed by atoms with Gasteiger partial charge in [-0.05, 0) is 31.0 Å². The summed E-state index contributed by atoms with van der Waals surface area (Å²) in [5.74, 6) is 0.694. The van der Waals surface area contributed by atoms with Crippen molar-refractivity contribution in [2.24, 2.45) is 5.73 Å². The zero-order valence-electron chi connectivity index (χ0n) is 15.9. The van der Waals surface area contributed by atoms with Gasteiger partial charge in [-0.2, -0.15) is 0 Å². The lowest BCUT2D eigenvalue weighted by Gasteiger charge is -2.15. The van der Waals surface area contributed by atoms with Crippen molar-refractivity contribution in [3.05, 3.63) is 65.2 Å². The summed E-state index contributed by atoms with van der Waals surface area (Å²) >= 11 is 0. The number of nitrogens with two attached hydrogens (primary N) is 1. The van der Waals surface area contributed by atoms with E-state index in [0.717, 1.165) is 22.4 Å². The highest BCUT2D eigenvalue weighted by molar-refractivity contribution is 5.85. The van der Waals surface area contributed by atoms with Crippen LogP contribution < -0.4 is 15.8 Å². The average molecular weight is 393 g/mol. The Labute approximate surface area is 167 Å². The van der Waals surface area contributed by atoms with E-state index in [9.17, 15) is 4.79 Å². The first-order valence-corrected chi connectivity index (χ1v) is 8.97. The quantitative estimate of drug-likeness (QED) is 0.606. The van der Waals surface area contributed by atoms with Crippen molar-refractivity contribution in [2.45, 2.75) is 32.9 Å². The Morgan fingerprint density at radius 3 is 2.59 bits per heavy atom. The van der Waals surface area contributed by atoms with Crippen LogP contribution in [0.25, 0.3) is 0 Å². The van der Waals surface area contributed by atoms with Crippen LogP contribution in [-0.2, 0) is 16.1 Å². The topological polar surface area (TPSA) is 73.6 Å². The summed E-state index contributed by atoms with van der Waals surface area (Å²) in [6.45, 7) is 6.07. The smallest absolute Gasteiger partial charge is 0.222 e. The van der Waals surface area contributed by atoms with Gasteiger partial charge in [0.25, 0.3) is 0 Å². The molecule has 1 atom stereocenters. The molecule has 0 bridgehead atoms. The van der Waals surface area contributed by atoms with Crippen molar-refractivity contribution < 1.29 is 14.3 Å². The Balaban J connectivity index is 0.00000364. The van der Waals surface area contributed by atoms with Crippen LogP contribution in [0.2, 0.25) is 0 Å². The lowest BCUT2D eigenvalue weighted by Crippen LogP contribution is -2.27. The van der Waals surface area contributed by atoms with Crippen molar-refractivity contribution in [3.8, 4) is 5.75 Å². The normalized spacial score (nSPS) is 11.4. The standard InChI is InChI=1S/C21H28N2O3.ClH/c1-3-25-11-12-26-20-13-16(2)9-10-18(20)15-23-21(24)14-19(22)17-7-5-4-6-8-17;/h4-10,13,19H,3,11-12,14-15,22H2,1-2H3,(H,23,24);1H. The molecule has 0 spiro atoms. The van der Waals surface area contributed by atoms with Gasteiger partial charge in [0.2, 0.25) is 5.91 Å². The molecule has 3 N–H and O–H groups in total. The van der Waals surface area contributed by atoms with Crippen molar-refractivity contribution in [3.63, 3.8) is 0 Å². The molecule has 148 valence electrons. The molecule has 2 aromatic rings. The number of benzene rings is 2. The van der Waals surface area contributed by atoms with Crippen LogP contribution >= 0.6 is 12.4 Å². The van der Waals surface area contributed by atoms with Gasteiger partial charge in [0.05, 0.1) is 6.61 Å². The molecule has 27 heavy (non-hydrogen) atoms. The molecule has 0 aliphatic carbocycles. The van der Waals surface area contributed by atoms with Crippen molar-refractivity contribution in [1.29, 1.82) is 0 Å². The third-order valence-corrected chi connectivity index (χ3v) is 4.02. The Morgan fingerprint density at radius 2 is 1.89 bits per heavy atom. The van der Waals surface area contributed by atoms with Gasteiger partial charge in [-0.3, -0.25) is 4.79 Å². The number of aryl methyl sites for hydroxylation is 1. The van der Waals surface area contributed by atoms with E-state index in [1.54, 1.807) is 0 Å². The van der Waals surface area contributed by atoms with E-state index in [4.69, 9.17) is 15.2 Å². The van der Waals surface area contributed by atoms with Gasteiger partial charge in [0.1, 0.15) is 12.4 Å². The second kappa shape index (κ2) is 12.3. The summed E-state index contributed by atoms with van der Waals surface area (Å²) in [5.41, 5.74) is 9.11. The maximum atomic E-state index is 12.2. The molecule has 5 nitrogen and oxygen atoms in total. The van der Waals surface area contributed by atoms with Gasteiger partial charge >= 0.3 is 0 Å². The number of ether oxygens (including phenoxy) is 2. The highest BCUT2D eigenvalue weighted by Crippen LogP contribution is 2.20. The monoisotopic (exact) mass is 392 g/mol. The lowest BCUT2D eigenvalue weighted by molar-refractivity contribution is -0.121. The third kappa shape index (κ3) is 7.99. The highest BCUT2D eigenvalue weighted by Gasteiger charge is 2.12. The van der Waals surface area contributed by atoms with E-state index < -0.39 is 0 Å². The van der Waals surface area contributed by atoms with E-state index in [1.807, 2.05) is 62.4 Å². The number of nitrogens with one attached hydrogen (secondary N) is 1. The first-order valence-electron chi connectivity index (χ1n) is 8.97. The van der Waals surface area contributed by atoms with E-state index in [1.165, 1.54) is 0 Å². The summed E-state index contributed by atoms with van der Waals surface area (Å²) in [6, 6.07) is 15.3. The average Bonchev–Trinajstić information content (AvgIpc) is 2.65. The molecular formula is C21H29ClN2O3. The summed E-state index contributed by atoms with van der Waals surface area (Å²) in [4.78, 5) is 12.2. The molecule has 2 aromatic carbocycles. The Kier molecular flexibility index (Phi) is 10.5. The fraction of sp³-hybridized carbons (Fsp3) is 0.381. The molecule has 0 fully saturated rings. The zero-order valence-corrected chi connectivity index (χ0v) is 16.8. The second-order valence-electron chi connectivity index (χ2n) is 6.15. The summed E-state index contributed by atoms with van der Waals surface area (Å²) < 4.78 is 11.1. The number of carbonyl (C=O) groups excluding carboxylic acids is 1. The molecule has 0 aliphatic heterocycles. The van der Waals surface area contributed by atoms with Crippen molar-refractivity contribution >= 4 is 18.3 Å². The second-order valence-corrected chi connectivity index (χ2v) is 6.15. The third-order valence-electron chi connectivity index (χ3n) is 4.02. The van der Waals surface area contributed by atoms with Crippen molar-refractivity contribution in [2.75, 3.05) is 19.8 Å². The molecule has 0 radical (unpaired) electrons. The van der Waals surface area contributed by atoms with Gasteiger partial charge in [0, 0.05) is 31.2 Å². The first-order chi connectivity index (χ1) is 12.6. The van der Waals surface area contributed by atoms with E-state index in [-0.39, 0.29) is 30.8 Å². The predicted octanol–water partition coefficient (Wildman–Crippen LogP) is 3.54. The number of carbonyl (C=O) groups is 1. The Morgan fingerprint density at radius 1 is 1.15 bits per heavy atom. The van der Waals surface area contributed by atoms with Crippen LogP contribution in [0.5, 0.6) is 5.75 Å². The number of rotatable bonds is 10. The van der Waals surface area contributed by atoms with Gasteiger partial charge in [-0.15, -0.1) is 12.4 Å². The highest BCUT2D eigenvalue weighted by atomic mass is 35.5. The van der Waals surface area contributed by atoms with Crippen molar-refractivity contribution in [1.82, 2.24) is 5.32 Å². The molecule has 0 saturated carbocycles. The SMILES string of the molecule is CCOCCOc1cc(C)ccc1CNC(=O)CC(N)c1ccccc1.Cl. The molecule has 1 amide bonds. The molecule has 6 heteroatoms. The maximum absolute atomic E-state index is 12.2. The lowest BCUT2D eigenvalue weighted by atomic mass is 10.0. The predicted molar refractivity (Wildman–Crippen MR) is 110 cm³/mol. The minimum absolute atomic E-state index is 0. The van der Waals surface area contributed by atoms with Crippen LogP contribution in [0.1, 0.15) is 36.1 Å². The van der Waals surface area contributed by atoms with Gasteiger partial charge in [0.15, 0.2) is 0 Å². The summed E-state index contributed by atoms with van der Waals surface area (Å²) in [7, 11) is 0. The molecule has 0 aromatic heterocycles. The summed E-state index contributed by atoms with van der Waals surface area (Å²) in [6.07, 6.45) is 0.246. The van der Waals surface area contributed by atoms with Crippen LogP contribution in [0.4, 0.5) is 0 Å². The Hall–Kier alpha value is -2.08. The molecule has 0 heterocycles. The molecule has 1 unspecified atom stereocenters. The van der Waals surface area contributed by atoms with Gasteiger partial charge < -0.3 is 20.5 Å². The van der Waals surface area contributed by atoms with Crippen LogP contribution in [0, 0.1) is 6.92 Å². The van der Waals surface area contributed by atoms with Gasteiger partial charge in [-0.1, -0.05) is 42.5 Å². The van der Waals surface area contributed by atoms with Crippen LogP contribution in [-0.4, -0.2) is 25.7 Å². The fourth-order valence-electron chi connectivity index (χ4n) is 2.58. The number of hydrogen-bond donors (Lipinski definition) is 2.